The number of hydrogen-bond donors (Lipinski definition) is 1. The molecule has 0 aliphatic carbocycles. The SMILES string of the molecule is O=C1Nc2ccccc2[C@@H]2C=CO[C@@H]12. The van der Waals surface area contributed by atoms with Crippen molar-refractivity contribution in [3.63, 3.8) is 0 Å². The van der Waals surface area contributed by atoms with E-state index in [1.54, 1.807) is 6.26 Å². The van der Waals surface area contributed by atoms with Gasteiger partial charge in [0.15, 0.2) is 6.10 Å². The van der Waals surface area contributed by atoms with E-state index in [-0.39, 0.29) is 17.9 Å². The van der Waals surface area contributed by atoms with Crippen LogP contribution in [0.3, 0.4) is 0 Å². The molecule has 70 valence electrons. The molecule has 0 unspecified atom stereocenters. The normalized spacial score (nSPS) is 27.6. The van der Waals surface area contributed by atoms with Gasteiger partial charge in [0.05, 0.1) is 12.2 Å². The van der Waals surface area contributed by atoms with Crippen LogP contribution in [-0.2, 0) is 9.53 Å². The molecule has 0 spiro atoms. The van der Waals surface area contributed by atoms with Gasteiger partial charge in [0.2, 0.25) is 0 Å². The lowest BCUT2D eigenvalue weighted by molar-refractivity contribution is -0.124. The second kappa shape index (κ2) is 2.61. The molecule has 0 aromatic heterocycles. The Balaban J connectivity index is 2.15. The third kappa shape index (κ3) is 0.894. The molecule has 1 N–H and O–H groups in total. The smallest absolute Gasteiger partial charge is 0.266 e. The van der Waals surface area contributed by atoms with Crippen molar-refractivity contribution in [1.29, 1.82) is 0 Å². The van der Waals surface area contributed by atoms with Gasteiger partial charge in [0.25, 0.3) is 5.91 Å². The van der Waals surface area contributed by atoms with Crippen LogP contribution < -0.4 is 5.32 Å². The Morgan fingerprint density at radius 3 is 3.07 bits per heavy atom. The highest BCUT2D eigenvalue weighted by Crippen LogP contribution is 2.37. The highest BCUT2D eigenvalue weighted by Gasteiger charge is 2.37. The van der Waals surface area contributed by atoms with Gasteiger partial charge in [0, 0.05) is 5.69 Å². The molecule has 0 saturated heterocycles. The van der Waals surface area contributed by atoms with E-state index in [0.717, 1.165) is 11.3 Å². The average molecular weight is 187 g/mol. The van der Waals surface area contributed by atoms with E-state index in [4.69, 9.17) is 4.74 Å². The van der Waals surface area contributed by atoms with Gasteiger partial charge in [-0.05, 0) is 17.7 Å². The van der Waals surface area contributed by atoms with E-state index >= 15 is 0 Å². The largest absolute Gasteiger partial charge is 0.488 e. The second-order valence-electron chi connectivity index (χ2n) is 3.49. The zero-order chi connectivity index (χ0) is 9.54. The summed E-state index contributed by atoms with van der Waals surface area (Å²) in [5, 5.41) is 2.83. The third-order valence-electron chi connectivity index (χ3n) is 2.67. The van der Waals surface area contributed by atoms with Crippen LogP contribution in [0.5, 0.6) is 0 Å². The van der Waals surface area contributed by atoms with Gasteiger partial charge >= 0.3 is 0 Å². The highest BCUT2D eigenvalue weighted by atomic mass is 16.5. The van der Waals surface area contributed by atoms with Crippen LogP contribution in [0.15, 0.2) is 36.6 Å². The second-order valence-corrected chi connectivity index (χ2v) is 3.49. The Morgan fingerprint density at radius 1 is 1.29 bits per heavy atom. The number of ether oxygens (including phenoxy) is 1. The number of hydrogen-bond acceptors (Lipinski definition) is 2. The summed E-state index contributed by atoms with van der Waals surface area (Å²) in [6, 6.07) is 7.82. The Kier molecular flexibility index (Phi) is 1.42. The average Bonchev–Trinajstić information content (AvgIpc) is 2.67. The van der Waals surface area contributed by atoms with Gasteiger partial charge in [-0.1, -0.05) is 18.2 Å². The van der Waals surface area contributed by atoms with Gasteiger partial charge in [0.1, 0.15) is 0 Å². The maximum Gasteiger partial charge on any atom is 0.266 e. The van der Waals surface area contributed by atoms with Crippen molar-refractivity contribution in [3.8, 4) is 0 Å². The maximum atomic E-state index is 11.6. The number of nitrogens with one attached hydrogen (secondary N) is 1. The molecule has 3 rings (SSSR count). The predicted molar refractivity (Wildman–Crippen MR) is 51.8 cm³/mol. The number of rotatable bonds is 0. The highest BCUT2D eigenvalue weighted by molar-refractivity contribution is 5.99. The van der Waals surface area contributed by atoms with Crippen LogP contribution in [0, 0.1) is 0 Å². The Labute approximate surface area is 81.4 Å². The number of benzene rings is 1. The fourth-order valence-corrected chi connectivity index (χ4v) is 2.00. The minimum Gasteiger partial charge on any atom is -0.488 e. The first kappa shape index (κ1) is 7.62. The molecule has 1 amide bonds. The lowest BCUT2D eigenvalue weighted by atomic mass is 9.89. The minimum absolute atomic E-state index is 0.0568. The molecule has 0 saturated carbocycles. The molecule has 1 aromatic rings. The summed E-state index contributed by atoms with van der Waals surface area (Å²) in [5.74, 6) is 0.0265. The number of amides is 1. The molecule has 2 atom stereocenters. The van der Waals surface area contributed by atoms with Crippen molar-refractivity contribution in [2.45, 2.75) is 12.0 Å². The van der Waals surface area contributed by atoms with E-state index in [2.05, 4.69) is 5.32 Å². The summed E-state index contributed by atoms with van der Waals surface area (Å²) in [6.45, 7) is 0. The Morgan fingerprint density at radius 2 is 2.14 bits per heavy atom. The van der Waals surface area contributed by atoms with E-state index in [9.17, 15) is 4.79 Å². The number of carbonyl (C=O) groups is 1. The molecule has 0 bridgehead atoms. The molecule has 0 radical (unpaired) electrons. The topological polar surface area (TPSA) is 38.3 Å². The predicted octanol–water partition coefficient (Wildman–Crippen LogP) is 1.63. The molecule has 14 heavy (non-hydrogen) atoms. The van der Waals surface area contributed by atoms with Crippen LogP contribution in [0.25, 0.3) is 0 Å². The first-order valence-corrected chi connectivity index (χ1v) is 4.58. The molecular formula is C11H9NO2. The zero-order valence-corrected chi connectivity index (χ0v) is 7.44. The molecule has 3 heteroatoms. The number of fused-ring (bicyclic) bond motifs is 3. The Bertz CT molecular complexity index is 425. The summed E-state index contributed by atoms with van der Waals surface area (Å²) in [4.78, 5) is 11.6. The third-order valence-corrected chi connectivity index (χ3v) is 2.67. The fraction of sp³-hybridized carbons (Fsp3) is 0.182. The molecule has 2 aliphatic heterocycles. The monoisotopic (exact) mass is 187 g/mol. The molecular weight excluding hydrogens is 178 g/mol. The number of anilines is 1. The number of para-hydroxylation sites is 1. The maximum absolute atomic E-state index is 11.6. The van der Waals surface area contributed by atoms with E-state index in [1.165, 1.54) is 0 Å². The fourth-order valence-electron chi connectivity index (χ4n) is 2.00. The lowest BCUT2D eigenvalue weighted by Crippen LogP contribution is -2.36. The molecule has 2 heterocycles. The lowest BCUT2D eigenvalue weighted by Gasteiger charge is -2.26. The molecule has 2 aliphatic rings. The van der Waals surface area contributed by atoms with Gasteiger partial charge < -0.3 is 10.1 Å². The quantitative estimate of drug-likeness (QED) is 0.670. The zero-order valence-electron chi connectivity index (χ0n) is 7.44. The van der Waals surface area contributed by atoms with Gasteiger partial charge in [-0.2, -0.15) is 0 Å². The summed E-state index contributed by atoms with van der Waals surface area (Å²) in [5.41, 5.74) is 2.03. The van der Waals surface area contributed by atoms with Crippen molar-refractivity contribution in [1.82, 2.24) is 0 Å². The first-order chi connectivity index (χ1) is 6.86. The van der Waals surface area contributed by atoms with Crippen LogP contribution in [0.2, 0.25) is 0 Å². The van der Waals surface area contributed by atoms with Crippen molar-refractivity contribution >= 4 is 11.6 Å². The molecule has 3 nitrogen and oxygen atoms in total. The summed E-state index contributed by atoms with van der Waals surface area (Å²) < 4.78 is 5.23. The van der Waals surface area contributed by atoms with Crippen molar-refractivity contribution in [2.24, 2.45) is 0 Å². The molecule has 1 aromatic carbocycles. The van der Waals surface area contributed by atoms with E-state index in [0.29, 0.717) is 0 Å². The molecule has 0 fully saturated rings. The van der Waals surface area contributed by atoms with E-state index in [1.807, 2.05) is 30.3 Å². The van der Waals surface area contributed by atoms with Crippen molar-refractivity contribution < 1.29 is 9.53 Å². The number of carbonyl (C=O) groups excluding carboxylic acids is 1. The summed E-state index contributed by atoms with van der Waals surface area (Å²) in [7, 11) is 0. The van der Waals surface area contributed by atoms with Crippen LogP contribution in [0.1, 0.15) is 11.5 Å². The van der Waals surface area contributed by atoms with Gasteiger partial charge in [-0.25, -0.2) is 0 Å². The summed E-state index contributed by atoms with van der Waals surface area (Å²) in [6.07, 6.45) is 3.17. The van der Waals surface area contributed by atoms with Crippen molar-refractivity contribution in [3.05, 3.63) is 42.2 Å². The van der Waals surface area contributed by atoms with Crippen LogP contribution in [0.4, 0.5) is 5.69 Å². The van der Waals surface area contributed by atoms with Gasteiger partial charge in [-0.3, -0.25) is 4.79 Å². The first-order valence-electron chi connectivity index (χ1n) is 4.58. The van der Waals surface area contributed by atoms with Crippen LogP contribution in [-0.4, -0.2) is 12.0 Å². The Hall–Kier alpha value is -1.77. The van der Waals surface area contributed by atoms with Crippen LogP contribution >= 0.6 is 0 Å². The van der Waals surface area contributed by atoms with E-state index < -0.39 is 0 Å². The minimum atomic E-state index is -0.370. The summed E-state index contributed by atoms with van der Waals surface area (Å²) >= 11 is 0. The van der Waals surface area contributed by atoms with Crippen molar-refractivity contribution in [2.75, 3.05) is 5.32 Å². The standard InChI is InChI=1S/C11H9NO2/c13-11-10-8(5-6-14-10)7-3-1-2-4-9(7)12-11/h1-6,8,10H,(H,12,13)/t8-,10+/m0/s1. The van der Waals surface area contributed by atoms with Gasteiger partial charge in [-0.15, -0.1) is 0 Å².